The molecular formula is C14H15BrN4O2. The molecule has 0 unspecified atom stereocenters. The molecule has 1 aliphatic rings. The molecular weight excluding hydrogens is 336 g/mol. The monoisotopic (exact) mass is 350 g/mol. The summed E-state index contributed by atoms with van der Waals surface area (Å²) in [5.74, 6) is 2.95. The molecule has 7 heteroatoms. The van der Waals surface area contributed by atoms with Crippen molar-refractivity contribution in [1.82, 2.24) is 9.97 Å². The molecule has 0 saturated carbocycles. The van der Waals surface area contributed by atoms with Gasteiger partial charge in [-0.2, -0.15) is 0 Å². The normalized spacial score (nSPS) is 12.9. The average molecular weight is 351 g/mol. The van der Waals surface area contributed by atoms with Gasteiger partial charge in [0.2, 0.25) is 0 Å². The second kappa shape index (κ2) is 6.17. The van der Waals surface area contributed by atoms with Gasteiger partial charge in [0.15, 0.2) is 11.5 Å². The van der Waals surface area contributed by atoms with E-state index in [0.29, 0.717) is 19.0 Å². The lowest BCUT2D eigenvalue weighted by atomic mass is 10.2. The van der Waals surface area contributed by atoms with Gasteiger partial charge in [-0.1, -0.05) is 0 Å². The maximum Gasteiger partial charge on any atom is 0.163 e. The predicted octanol–water partition coefficient (Wildman–Crippen LogP) is 3.19. The van der Waals surface area contributed by atoms with Crippen molar-refractivity contribution < 1.29 is 9.47 Å². The molecule has 1 aromatic carbocycles. The van der Waals surface area contributed by atoms with Crippen LogP contribution in [0.2, 0.25) is 0 Å². The fraction of sp³-hybridized carbons (Fsp3) is 0.286. The molecule has 0 bridgehead atoms. The van der Waals surface area contributed by atoms with E-state index >= 15 is 0 Å². The minimum absolute atomic E-state index is 0.568. The van der Waals surface area contributed by atoms with E-state index in [9.17, 15) is 0 Å². The van der Waals surface area contributed by atoms with Crippen molar-refractivity contribution in [1.29, 1.82) is 0 Å². The molecule has 0 saturated heterocycles. The Kier molecular flexibility index (Phi) is 4.10. The van der Waals surface area contributed by atoms with Gasteiger partial charge in [0.1, 0.15) is 35.6 Å². The van der Waals surface area contributed by atoms with Crippen LogP contribution in [-0.4, -0.2) is 29.7 Å². The molecule has 3 rings (SSSR count). The minimum Gasteiger partial charge on any atom is -0.486 e. The van der Waals surface area contributed by atoms with Crippen molar-refractivity contribution in [3.8, 4) is 11.5 Å². The summed E-state index contributed by atoms with van der Waals surface area (Å²) in [6.45, 7) is 3.96. The van der Waals surface area contributed by atoms with E-state index in [0.717, 1.165) is 34.0 Å². The Labute approximate surface area is 131 Å². The summed E-state index contributed by atoms with van der Waals surface area (Å²) in [7, 11) is 0. The number of nitrogens with one attached hydrogen (secondary N) is 2. The Balaban J connectivity index is 1.85. The summed E-state index contributed by atoms with van der Waals surface area (Å²) >= 11 is 3.51. The molecule has 1 aliphatic heterocycles. The molecule has 21 heavy (non-hydrogen) atoms. The van der Waals surface area contributed by atoms with Crippen molar-refractivity contribution in [2.24, 2.45) is 0 Å². The van der Waals surface area contributed by atoms with Crippen molar-refractivity contribution in [3.63, 3.8) is 0 Å². The standard InChI is InChI=1S/C14H15BrN4O2/c1-2-16-13-12(15)14(18-8-17-13)19-9-3-4-10-11(7-9)21-6-5-20-10/h3-4,7-8H,2,5-6H2,1H3,(H2,16,17,18,19). The summed E-state index contributed by atoms with van der Waals surface area (Å²) in [5, 5.41) is 6.42. The number of fused-ring (bicyclic) bond motifs is 1. The maximum absolute atomic E-state index is 5.57. The van der Waals surface area contributed by atoms with Crippen molar-refractivity contribution >= 4 is 33.3 Å². The van der Waals surface area contributed by atoms with Gasteiger partial charge >= 0.3 is 0 Å². The predicted molar refractivity (Wildman–Crippen MR) is 84.6 cm³/mol. The van der Waals surface area contributed by atoms with Crippen LogP contribution in [0.15, 0.2) is 29.0 Å². The zero-order chi connectivity index (χ0) is 14.7. The summed E-state index contributed by atoms with van der Waals surface area (Å²) in [4.78, 5) is 8.43. The Morgan fingerprint density at radius 3 is 2.71 bits per heavy atom. The first-order valence-electron chi connectivity index (χ1n) is 6.69. The lowest BCUT2D eigenvalue weighted by Gasteiger charge is -2.19. The van der Waals surface area contributed by atoms with Crippen LogP contribution in [0.5, 0.6) is 11.5 Å². The number of ether oxygens (including phenoxy) is 2. The number of rotatable bonds is 4. The molecule has 0 spiro atoms. The lowest BCUT2D eigenvalue weighted by molar-refractivity contribution is 0.171. The van der Waals surface area contributed by atoms with Crippen LogP contribution in [0.25, 0.3) is 0 Å². The maximum atomic E-state index is 5.57. The molecule has 0 fully saturated rings. The van der Waals surface area contributed by atoms with Gasteiger partial charge < -0.3 is 20.1 Å². The second-order valence-corrected chi connectivity index (χ2v) is 5.19. The molecule has 110 valence electrons. The van der Waals surface area contributed by atoms with Crippen molar-refractivity contribution in [2.75, 3.05) is 30.4 Å². The van der Waals surface area contributed by atoms with Crippen LogP contribution < -0.4 is 20.1 Å². The third-order valence-corrected chi connectivity index (χ3v) is 3.69. The summed E-state index contributed by atoms with van der Waals surface area (Å²) in [5.41, 5.74) is 0.876. The third-order valence-electron chi connectivity index (χ3n) is 2.94. The highest BCUT2D eigenvalue weighted by Gasteiger charge is 2.13. The molecule has 0 atom stereocenters. The first kappa shape index (κ1) is 13.9. The van der Waals surface area contributed by atoms with Gasteiger partial charge in [-0.25, -0.2) is 9.97 Å². The number of nitrogens with zero attached hydrogens (tertiary/aromatic N) is 2. The highest BCUT2D eigenvalue weighted by Crippen LogP contribution is 2.35. The van der Waals surface area contributed by atoms with E-state index in [1.54, 1.807) is 0 Å². The Bertz CT molecular complexity index is 651. The molecule has 6 nitrogen and oxygen atoms in total. The Morgan fingerprint density at radius 2 is 1.90 bits per heavy atom. The van der Waals surface area contributed by atoms with Crippen LogP contribution in [0.4, 0.5) is 17.3 Å². The number of benzene rings is 1. The van der Waals surface area contributed by atoms with Gasteiger partial charge in [0.05, 0.1) is 0 Å². The van der Waals surface area contributed by atoms with Crippen LogP contribution in [0.1, 0.15) is 6.92 Å². The quantitative estimate of drug-likeness (QED) is 0.882. The molecule has 0 aliphatic carbocycles. The Hall–Kier alpha value is -2.02. The topological polar surface area (TPSA) is 68.3 Å². The zero-order valence-electron chi connectivity index (χ0n) is 11.5. The molecule has 2 aromatic rings. The smallest absolute Gasteiger partial charge is 0.163 e. The molecule has 1 aromatic heterocycles. The first-order chi connectivity index (χ1) is 10.3. The van der Waals surface area contributed by atoms with E-state index in [2.05, 4.69) is 36.5 Å². The van der Waals surface area contributed by atoms with Gasteiger partial charge in [-0.15, -0.1) is 0 Å². The van der Waals surface area contributed by atoms with E-state index < -0.39 is 0 Å². The minimum atomic E-state index is 0.568. The van der Waals surface area contributed by atoms with Gasteiger partial charge in [-0.3, -0.25) is 0 Å². The fourth-order valence-electron chi connectivity index (χ4n) is 2.01. The van der Waals surface area contributed by atoms with E-state index in [-0.39, 0.29) is 0 Å². The number of anilines is 3. The number of hydrogen-bond acceptors (Lipinski definition) is 6. The number of halogens is 1. The highest BCUT2D eigenvalue weighted by molar-refractivity contribution is 9.10. The van der Waals surface area contributed by atoms with Crippen molar-refractivity contribution in [3.05, 3.63) is 29.0 Å². The molecule has 2 N–H and O–H groups in total. The van der Waals surface area contributed by atoms with Crippen molar-refractivity contribution in [2.45, 2.75) is 6.92 Å². The van der Waals surface area contributed by atoms with Crippen LogP contribution in [0, 0.1) is 0 Å². The van der Waals surface area contributed by atoms with Crippen LogP contribution in [-0.2, 0) is 0 Å². The Morgan fingerprint density at radius 1 is 1.14 bits per heavy atom. The van der Waals surface area contributed by atoms with Gasteiger partial charge in [-0.05, 0) is 35.0 Å². The lowest BCUT2D eigenvalue weighted by Crippen LogP contribution is -2.15. The van der Waals surface area contributed by atoms with Gasteiger partial charge in [0, 0.05) is 18.3 Å². The van der Waals surface area contributed by atoms with E-state index in [1.807, 2.05) is 25.1 Å². The first-order valence-corrected chi connectivity index (χ1v) is 7.48. The summed E-state index contributed by atoms with van der Waals surface area (Å²) in [6, 6.07) is 5.71. The van der Waals surface area contributed by atoms with E-state index in [4.69, 9.17) is 9.47 Å². The number of hydrogen-bond donors (Lipinski definition) is 2. The fourth-order valence-corrected chi connectivity index (χ4v) is 2.45. The highest BCUT2D eigenvalue weighted by atomic mass is 79.9. The average Bonchev–Trinajstić information content (AvgIpc) is 2.51. The summed E-state index contributed by atoms with van der Waals surface area (Å²) in [6.07, 6.45) is 1.52. The largest absolute Gasteiger partial charge is 0.486 e. The number of aromatic nitrogens is 2. The second-order valence-electron chi connectivity index (χ2n) is 4.40. The third kappa shape index (κ3) is 3.02. The van der Waals surface area contributed by atoms with Gasteiger partial charge in [0.25, 0.3) is 0 Å². The van der Waals surface area contributed by atoms with Crippen LogP contribution in [0.3, 0.4) is 0 Å². The molecule has 0 radical (unpaired) electrons. The SMILES string of the molecule is CCNc1ncnc(Nc2ccc3c(c2)OCCO3)c1Br. The summed E-state index contributed by atoms with van der Waals surface area (Å²) < 4.78 is 11.9. The zero-order valence-corrected chi connectivity index (χ0v) is 13.1. The molecule has 2 heterocycles. The molecule has 0 amide bonds. The van der Waals surface area contributed by atoms with E-state index in [1.165, 1.54) is 6.33 Å². The van der Waals surface area contributed by atoms with Crippen LogP contribution >= 0.6 is 15.9 Å².